The van der Waals surface area contributed by atoms with E-state index >= 15 is 0 Å². The Balaban J connectivity index is 1.46. The molecule has 0 spiro atoms. The average Bonchev–Trinajstić information content (AvgIpc) is 3.32. The summed E-state index contributed by atoms with van der Waals surface area (Å²) in [6, 6.07) is 0. The lowest BCUT2D eigenvalue weighted by Gasteiger charge is -2.59. The summed E-state index contributed by atoms with van der Waals surface area (Å²) in [5, 5.41) is 33.0. The maximum Gasteiger partial charge on any atom is 0.308 e. The number of esters is 2. The third kappa shape index (κ3) is 8.08. The Morgan fingerprint density at radius 1 is 1.00 bits per heavy atom. The van der Waals surface area contributed by atoms with Crippen molar-refractivity contribution in [3.8, 4) is 0 Å². The molecule has 2 N–H and O–H groups in total. The predicted octanol–water partition coefficient (Wildman–Crippen LogP) is 2.14. The first kappa shape index (κ1) is 37.4. The lowest BCUT2D eigenvalue weighted by atomic mass is 9.46. The van der Waals surface area contributed by atoms with Crippen LogP contribution in [0.5, 0.6) is 0 Å². The Morgan fingerprint density at radius 2 is 1.67 bits per heavy atom. The molecule has 4 rings (SSSR count). The first-order valence-corrected chi connectivity index (χ1v) is 16.5. The van der Waals surface area contributed by atoms with Crippen LogP contribution in [0.1, 0.15) is 78.1 Å². The summed E-state index contributed by atoms with van der Waals surface area (Å²) >= 11 is 0. The number of Topliss-reactive ketones (excluding diaryl/α,β-unsaturated/α-hetero) is 1. The van der Waals surface area contributed by atoms with Crippen LogP contribution in [0.4, 0.5) is 0 Å². The van der Waals surface area contributed by atoms with Gasteiger partial charge in [0.1, 0.15) is 0 Å². The van der Waals surface area contributed by atoms with Crippen LogP contribution in [0.3, 0.4) is 0 Å². The van der Waals surface area contributed by atoms with Crippen molar-refractivity contribution in [2.75, 3.05) is 26.4 Å². The lowest BCUT2D eigenvalue weighted by Crippen LogP contribution is -2.63. The molecule has 1 amide bonds. The Morgan fingerprint density at radius 3 is 2.35 bits per heavy atom. The SMILES string of the molecule is C[C@]12C=CC(=O)C=C1CCC1C3CC[C@](OC(=O)CCCO[N+](=O)[O-])(C(=O)COC(=O)CCNC(=O)CCCO[N+](=O)[O-])[C@@]3(C)C[C@H](O)[C@@H]12. The molecule has 0 radical (unpaired) electrons. The number of hydrogen-bond acceptors (Lipinski definition) is 14. The van der Waals surface area contributed by atoms with Crippen LogP contribution in [-0.2, 0) is 43.1 Å². The van der Waals surface area contributed by atoms with Gasteiger partial charge in [-0.05, 0) is 68.9 Å². The number of carbonyl (C=O) groups excluding carboxylic acids is 5. The number of aliphatic hydroxyl groups is 1. The molecular formula is C32H43N3O14. The van der Waals surface area contributed by atoms with Gasteiger partial charge in [-0.15, -0.1) is 20.2 Å². The number of carbonyl (C=O) groups is 5. The lowest BCUT2D eigenvalue weighted by molar-refractivity contribution is -0.757. The number of nitrogens with zero attached hydrogens (tertiary/aromatic N) is 2. The molecule has 17 heteroatoms. The smallest absolute Gasteiger partial charge is 0.308 e. The Kier molecular flexibility index (Phi) is 11.8. The number of fused-ring (bicyclic) bond motifs is 5. The topological polar surface area (TPSA) is 241 Å². The maximum atomic E-state index is 14.1. The minimum absolute atomic E-state index is 0.0421. The molecule has 0 heterocycles. The van der Waals surface area contributed by atoms with Crippen LogP contribution in [-0.4, -0.2) is 82.8 Å². The molecule has 0 aromatic rings. The van der Waals surface area contributed by atoms with Crippen LogP contribution in [0.2, 0.25) is 0 Å². The van der Waals surface area contributed by atoms with Crippen LogP contribution in [0.25, 0.3) is 0 Å². The first-order valence-electron chi connectivity index (χ1n) is 16.5. The van der Waals surface area contributed by atoms with Gasteiger partial charge in [-0.1, -0.05) is 25.5 Å². The molecule has 0 aromatic heterocycles. The highest BCUT2D eigenvalue weighted by atomic mass is 17.0. The van der Waals surface area contributed by atoms with E-state index in [9.17, 15) is 49.3 Å². The summed E-state index contributed by atoms with van der Waals surface area (Å²) < 4.78 is 11.3. The van der Waals surface area contributed by atoms with Gasteiger partial charge in [0.25, 0.3) is 10.2 Å². The molecule has 4 aliphatic rings. The second-order valence-electron chi connectivity index (χ2n) is 13.6. The molecule has 49 heavy (non-hydrogen) atoms. The maximum absolute atomic E-state index is 14.1. The fraction of sp³-hybridized carbons (Fsp3) is 0.719. The molecule has 0 bridgehead atoms. The molecule has 0 aromatic carbocycles. The molecule has 7 atom stereocenters. The minimum Gasteiger partial charge on any atom is -0.457 e. The largest absolute Gasteiger partial charge is 0.457 e. The van der Waals surface area contributed by atoms with E-state index in [1.54, 1.807) is 6.08 Å². The van der Waals surface area contributed by atoms with Gasteiger partial charge < -0.3 is 29.6 Å². The van der Waals surface area contributed by atoms with Gasteiger partial charge in [0.2, 0.25) is 11.7 Å². The molecule has 0 saturated heterocycles. The van der Waals surface area contributed by atoms with Gasteiger partial charge >= 0.3 is 11.9 Å². The van der Waals surface area contributed by atoms with Crippen LogP contribution < -0.4 is 5.32 Å². The molecule has 3 fully saturated rings. The molecule has 0 aliphatic heterocycles. The number of amides is 1. The summed E-state index contributed by atoms with van der Waals surface area (Å²) in [5.74, 6) is -3.29. The standard InChI is InChI=1S/C32H43N3O14/c1-30-12-9-21(36)17-20(30)7-8-22-23-10-13-32(31(23,2)18-24(37)29(22)30,49-28(41)6-4-16-48-35(44)45)25(38)19-46-27(40)11-14-33-26(39)5-3-15-47-34(42)43/h9,12,17,22-24,29,37H,3-8,10-11,13-16,18-19H2,1-2H3,(H,33,39)/t22?,23?,24-,29+,30-,31-,32-/m0/s1. The van der Waals surface area contributed by atoms with Gasteiger partial charge in [-0.25, -0.2) is 0 Å². The van der Waals surface area contributed by atoms with Crippen molar-refractivity contribution in [3.05, 3.63) is 44.0 Å². The molecule has 270 valence electrons. The van der Waals surface area contributed by atoms with Crippen molar-refractivity contribution in [1.82, 2.24) is 5.32 Å². The number of rotatable bonds is 17. The van der Waals surface area contributed by atoms with E-state index in [4.69, 9.17) is 9.47 Å². The molecule has 17 nitrogen and oxygen atoms in total. The Bertz CT molecular complexity index is 1410. The summed E-state index contributed by atoms with van der Waals surface area (Å²) in [6.45, 7) is 2.38. The normalized spacial score (nSPS) is 31.2. The van der Waals surface area contributed by atoms with Gasteiger partial charge in [-0.2, -0.15) is 0 Å². The van der Waals surface area contributed by atoms with Crippen LogP contribution in [0, 0.1) is 48.8 Å². The Hall–Kier alpha value is -4.41. The monoisotopic (exact) mass is 693 g/mol. The minimum atomic E-state index is -1.76. The number of aliphatic hydroxyl groups excluding tert-OH is 1. The molecule has 3 saturated carbocycles. The van der Waals surface area contributed by atoms with Crippen molar-refractivity contribution in [2.24, 2.45) is 28.6 Å². The van der Waals surface area contributed by atoms with E-state index in [0.717, 1.165) is 5.57 Å². The van der Waals surface area contributed by atoms with Crippen molar-refractivity contribution >= 4 is 29.4 Å². The van der Waals surface area contributed by atoms with Crippen molar-refractivity contribution in [1.29, 1.82) is 0 Å². The number of hydrogen-bond donors (Lipinski definition) is 2. The van der Waals surface area contributed by atoms with E-state index in [1.807, 2.05) is 19.9 Å². The number of allylic oxidation sites excluding steroid dienone is 4. The predicted molar refractivity (Wildman–Crippen MR) is 165 cm³/mol. The van der Waals surface area contributed by atoms with Crippen LogP contribution in [0.15, 0.2) is 23.8 Å². The highest BCUT2D eigenvalue weighted by Gasteiger charge is 2.70. The van der Waals surface area contributed by atoms with Gasteiger partial charge in [0, 0.05) is 36.1 Å². The van der Waals surface area contributed by atoms with Gasteiger partial charge in [0.15, 0.2) is 18.0 Å². The van der Waals surface area contributed by atoms with E-state index in [-0.39, 0.29) is 88.2 Å². The van der Waals surface area contributed by atoms with E-state index < -0.39 is 62.9 Å². The third-order valence-corrected chi connectivity index (χ3v) is 10.8. The van der Waals surface area contributed by atoms with E-state index in [2.05, 4.69) is 15.0 Å². The molecule has 2 unspecified atom stereocenters. The van der Waals surface area contributed by atoms with Crippen LogP contribution >= 0.6 is 0 Å². The summed E-state index contributed by atoms with van der Waals surface area (Å²) in [7, 11) is 0. The zero-order chi connectivity index (χ0) is 36.0. The summed E-state index contributed by atoms with van der Waals surface area (Å²) in [6.07, 6.45) is 5.51. The Labute approximate surface area is 281 Å². The zero-order valence-electron chi connectivity index (χ0n) is 27.6. The van der Waals surface area contributed by atoms with Crippen molar-refractivity contribution < 1.29 is 58.4 Å². The molecule has 4 aliphatic carbocycles. The third-order valence-electron chi connectivity index (χ3n) is 10.8. The fourth-order valence-corrected chi connectivity index (χ4v) is 8.70. The highest BCUT2D eigenvalue weighted by Crippen LogP contribution is 2.68. The number of ether oxygens (including phenoxy) is 2. The van der Waals surface area contributed by atoms with Crippen molar-refractivity contribution in [3.63, 3.8) is 0 Å². The fourth-order valence-electron chi connectivity index (χ4n) is 8.70. The highest BCUT2D eigenvalue weighted by molar-refractivity contribution is 6.01. The first-order chi connectivity index (χ1) is 23.1. The van der Waals surface area contributed by atoms with E-state index in [1.165, 1.54) is 6.08 Å². The zero-order valence-corrected chi connectivity index (χ0v) is 27.6. The van der Waals surface area contributed by atoms with Gasteiger partial charge in [0.05, 0.1) is 25.7 Å². The van der Waals surface area contributed by atoms with Crippen molar-refractivity contribution in [2.45, 2.75) is 89.8 Å². The van der Waals surface area contributed by atoms with E-state index in [0.29, 0.717) is 19.3 Å². The van der Waals surface area contributed by atoms with Gasteiger partial charge in [-0.3, -0.25) is 24.0 Å². The number of ketones is 2. The average molecular weight is 694 g/mol. The second-order valence-corrected chi connectivity index (χ2v) is 13.6. The second kappa shape index (κ2) is 15.4. The quantitative estimate of drug-likeness (QED) is 0.0960. The summed E-state index contributed by atoms with van der Waals surface area (Å²) in [5.41, 5.74) is -2.42. The number of nitrogens with one attached hydrogen (secondary N) is 1. The summed E-state index contributed by atoms with van der Waals surface area (Å²) in [4.78, 5) is 93.1. The molecular weight excluding hydrogens is 650 g/mol.